The summed E-state index contributed by atoms with van der Waals surface area (Å²) in [4.78, 5) is 20.2. The summed E-state index contributed by atoms with van der Waals surface area (Å²) in [6.45, 7) is 1.45. The van der Waals surface area contributed by atoms with Gasteiger partial charge in [-0.3, -0.25) is 9.69 Å². The van der Waals surface area contributed by atoms with E-state index in [9.17, 15) is 27.6 Å². The third kappa shape index (κ3) is 4.49. The maximum absolute atomic E-state index is 13.6. The molecule has 1 fully saturated rings. The molecular formula is C22H17ClF4N4O. The van der Waals surface area contributed by atoms with Crippen LogP contribution in [0.15, 0.2) is 24.3 Å². The highest BCUT2D eigenvalue weighted by molar-refractivity contribution is 6.31. The Labute approximate surface area is 187 Å². The van der Waals surface area contributed by atoms with E-state index in [2.05, 4.69) is 10.9 Å². The zero-order valence-corrected chi connectivity index (χ0v) is 17.6. The number of anilines is 2. The maximum Gasteiger partial charge on any atom is 0.417 e. The molecule has 0 spiro atoms. The van der Waals surface area contributed by atoms with Crippen LogP contribution in [0.2, 0.25) is 5.02 Å². The molecule has 2 heterocycles. The van der Waals surface area contributed by atoms with Crippen molar-refractivity contribution in [2.75, 3.05) is 22.9 Å². The smallest absolute Gasteiger partial charge is 0.343 e. The second-order valence-corrected chi connectivity index (χ2v) is 7.60. The standard InChI is InChI=1S/C22H17ClF4N4O/c1-3-8-30(14-6-7-18(24)17(23)11-14)21(32)19-5-4-9-31(19)20-15(12-28)16(22(25,26)27)10-13(2)29-20/h1,6-7,10-11,19H,4-5,8-9H2,2H3/t19-/m0/s1. The summed E-state index contributed by atoms with van der Waals surface area (Å²) in [6.07, 6.45) is 1.46. The molecule has 166 valence electrons. The number of hydrogen-bond acceptors (Lipinski definition) is 4. The fourth-order valence-corrected chi connectivity index (χ4v) is 3.87. The Hall–Kier alpha value is -3.30. The molecule has 0 aliphatic carbocycles. The van der Waals surface area contributed by atoms with Gasteiger partial charge < -0.3 is 4.90 Å². The van der Waals surface area contributed by atoms with Crippen LogP contribution in [0.25, 0.3) is 0 Å². The summed E-state index contributed by atoms with van der Waals surface area (Å²) in [5.41, 5.74) is -1.43. The molecule has 1 aliphatic rings. The monoisotopic (exact) mass is 464 g/mol. The topological polar surface area (TPSA) is 60.2 Å². The van der Waals surface area contributed by atoms with Crippen LogP contribution >= 0.6 is 11.6 Å². The van der Waals surface area contributed by atoms with Crippen molar-refractivity contribution >= 4 is 29.0 Å². The highest BCUT2D eigenvalue weighted by Crippen LogP contribution is 2.38. The fraction of sp³-hybridized carbons (Fsp3) is 0.318. The van der Waals surface area contributed by atoms with Crippen molar-refractivity contribution in [1.82, 2.24) is 4.98 Å². The van der Waals surface area contributed by atoms with Crippen LogP contribution in [0.3, 0.4) is 0 Å². The van der Waals surface area contributed by atoms with Crippen molar-refractivity contribution in [3.8, 4) is 18.4 Å². The Kier molecular flexibility index (Phi) is 6.61. The second kappa shape index (κ2) is 9.05. The van der Waals surface area contributed by atoms with E-state index < -0.39 is 35.1 Å². The number of terminal acetylenes is 1. The predicted molar refractivity (Wildman–Crippen MR) is 112 cm³/mol. The normalized spacial score (nSPS) is 15.9. The van der Waals surface area contributed by atoms with Crippen LogP contribution in [0, 0.1) is 36.4 Å². The van der Waals surface area contributed by atoms with Crippen LogP contribution < -0.4 is 9.80 Å². The molecule has 1 atom stereocenters. The van der Waals surface area contributed by atoms with Gasteiger partial charge >= 0.3 is 6.18 Å². The molecule has 1 amide bonds. The van der Waals surface area contributed by atoms with Crippen molar-refractivity contribution in [3.05, 3.63) is 51.9 Å². The quantitative estimate of drug-likeness (QED) is 0.486. The van der Waals surface area contributed by atoms with Crippen molar-refractivity contribution in [3.63, 3.8) is 0 Å². The summed E-state index contributed by atoms with van der Waals surface area (Å²) in [5.74, 6) is 0.969. The largest absolute Gasteiger partial charge is 0.417 e. The molecule has 0 unspecified atom stereocenters. The Morgan fingerprint density at radius 3 is 2.72 bits per heavy atom. The van der Waals surface area contributed by atoms with E-state index in [1.165, 1.54) is 28.9 Å². The van der Waals surface area contributed by atoms with E-state index in [1.807, 2.05) is 0 Å². The van der Waals surface area contributed by atoms with E-state index in [0.29, 0.717) is 12.8 Å². The van der Waals surface area contributed by atoms with Gasteiger partial charge in [0.05, 0.1) is 17.1 Å². The van der Waals surface area contributed by atoms with Crippen molar-refractivity contribution < 1.29 is 22.4 Å². The number of rotatable bonds is 4. The SMILES string of the molecule is C#CCN(C(=O)[C@@H]1CCCN1c1nc(C)cc(C(F)(F)F)c1C#N)c1ccc(F)c(Cl)c1. The minimum absolute atomic E-state index is 0.0650. The Morgan fingerprint density at radius 2 is 2.12 bits per heavy atom. The predicted octanol–water partition coefficient (Wildman–Crippen LogP) is 4.71. The van der Waals surface area contributed by atoms with Crippen molar-refractivity contribution in [2.24, 2.45) is 0 Å². The minimum Gasteiger partial charge on any atom is -0.343 e. The van der Waals surface area contributed by atoms with Gasteiger partial charge in [0.15, 0.2) is 0 Å². The first-order valence-corrected chi connectivity index (χ1v) is 9.91. The highest BCUT2D eigenvalue weighted by atomic mass is 35.5. The molecule has 2 aromatic rings. The van der Waals surface area contributed by atoms with Gasteiger partial charge in [-0.1, -0.05) is 17.5 Å². The Bertz CT molecular complexity index is 1140. The summed E-state index contributed by atoms with van der Waals surface area (Å²) >= 11 is 5.84. The first-order chi connectivity index (χ1) is 15.1. The number of aryl methyl sites for hydroxylation is 1. The molecule has 0 saturated carbocycles. The fourth-order valence-electron chi connectivity index (χ4n) is 3.70. The highest BCUT2D eigenvalue weighted by Gasteiger charge is 2.40. The van der Waals surface area contributed by atoms with E-state index >= 15 is 0 Å². The molecular weight excluding hydrogens is 448 g/mol. The summed E-state index contributed by atoms with van der Waals surface area (Å²) < 4.78 is 54.1. The average molecular weight is 465 g/mol. The Morgan fingerprint density at radius 1 is 1.41 bits per heavy atom. The number of halogens is 5. The number of pyridine rings is 1. The van der Waals surface area contributed by atoms with Crippen LogP contribution in [0.1, 0.15) is 29.7 Å². The van der Waals surface area contributed by atoms with Gasteiger partial charge in [0, 0.05) is 17.9 Å². The van der Waals surface area contributed by atoms with Crippen molar-refractivity contribution in [2.45, 2.75) is 32.0 Å². The number of nitriles is 1. The zero-order valence-electron chi connectivity index (χ0n) is 16.9. The van der Waals surface area contributed by atoms with Gasteiger partial charge in [0.25, 0.3) is 5.91 Å². The van der Waals surface area contributed by atoms with Crippen LogP contribution in [-0.4, -0.2) is 30.0 Å². The number of alkyl halides is 3. The minimum atomic E-state index is -4.76. The van der Waals surface area contributed by atoms with Crippen LogP contribution in [0.5, 0.6) is 0 Å². The van der Waals surface area contributed by atoms with Gasteiger partial charge in [-0.15, -0.1) is 6.42 Å². The maximum atomic E-state index is 13.6. The zero-order chi connectivity index (χ0) is 23.6. The third-order valence-corrected chi connectivity index (χ3v) is 5.38. The first kappa shape index (κ1) is 23.4. The molecule has 1 aromatic heterocycles. The molecule has 1 aliphatic heterocycles. The number of amides is 1. The molecule has 0 bridgehead atoms. The third-order valence-electron chi connectivity index (χ3n) is 5.09. The molecule has 5 nitrogen and oxygen atoms in total. The number of nitrogens with zero attached hydrogens (tertiary/aromatic N) is 4. The van der Waals surface area contributed by atoms with Gasteiger partial charge in [-0.25, -0.2) is 9.37 Å². The second-order valence-electron chi connectivity index (χ2n) is 7.20. The number of carbonyl (C=O) groups excluding carboxylic acids is 1. The molecule has 32 heavy (non-hydrogen) atoms. The van der Waals surface area contributed by atoms with Gasteiger partial charge in [0.1, 0.15) is 29.3 Å². The molecule has 3 rings (SSSR count). The summed E-state index contributed by atoms with van der Waals surface area (Å²) in [7, 11) is 0. The van der Waals surface area contributed by atoms with E-state index in [0.717, 1.165) is 12.1 Å². The first-order valence-electron chi connectivity index (χ1n) is 9.54. The molecule has 10 heteroatoms. The molecule has 1 saturated heterocycles. The Balaban J connectivity index is 2.05. The van der Waals surface area contributed by atoms with Gasteiger partial charge in [0.2, 0.25) is 0 Å². The summed E-state index contributed by atoms with van der Waals surface area (Å²) in [6, 6.07) is 5.17. The lowest BCUT2D eigenvalue weighted by atomic mass is 10.1. The molecule has 0 radical (unpaired) electrons. The molecule has 1 aromatic carbocycles. The number of hydrogen-bond donors (Lipinski definition) is 0. The lowest BCUT2D eigenvalue weighted by Gasteiger charge is -2.31. The van der Waals surface area contributed by atoms with Crippen LogP contribution in [-0.2, 0) is 11.0 Å². The number of aromatic nitrogens is 1. The summed E-state index contributed by atoms with van der Waals surface area (Å²) in [5, 5.41) is 9.27. The van der Waals surface area contributed by atoms with Gasteiger partial charge in [-0.05, 0) is 44.0 Å². The van der Waals surface area contributed by atoms with E-state index in [-0.39, 0.29) is 35.3 Å². The van der Waals surface area contributed by atoms with E-state index in [1.54, 1.807) is 6.07 Å². The molecule has 0 N–H and O–H groups in total. The van der Waals surface area contributed by atoms with E-state index in [4.69, 9.17) is 18.0 Å². The lowest BCUT2D eigenvalue weighted by molar-refractivity contribution is -0.137. The lowest BCUT2D eigenvalue weighted by Crippen LogP contribution is -2.47. The van der Waals surface area contributed by atoms with Gasteiger partial charge in [-0.2, -0.15) is 18.4 Å². The number of carbonyl (C=O) groups is 1. The number of benzene rings is 1. The van der Waals surface area contributed by atoms with Crippen molar-refractivity contribution in [1.29, 1.82) is 5.26 Å². The average Bonchev–Trinajstić information content (AvgIpc) is 3.22. The van der Waals surface area contributed by atoms with Crippen LogP contribution in [0.4, 0.5) is 29.1 Å².